The van der Waals surface area contributed by atoms with Gasteiger partial charge >= 0.3 is 0 Å². The molecule has 1 aliphatic rings. The Balaban J connectivity index is 1.66. The van der Waals surface area contributed by atoms with Crippen molar-refractivity contribution in [1.29, 1.82) is 5.26 Å². The number of hydrogen-bond acceptors (Lipinski definition) is 4. The Morgan fingerprint density at radius 3 is 2.85 bits per heavy atom. The Hall–Kier alpha value is -1.60. The van der Waals surface area contributed by atoms with Crippen molar-refractivity contribution in [3.8, 4) is 11.8 Å². The molecule has 1 fully saturated rings. The van der Waals surface area contributed by atoms with Gasteiger partial charge in [0.1, 0.15) is 5.75 Å². The standard InChI is InChI=1S/C16H23N3O/c1-16(2,12-17)8-3-9-20-15-7-6-14(19-11-15)10-18-13-4-5-13/h6-7,11,13,18H,3-5,8-10H2,1-2H3. The fourth-order valence-electron chi connectivity index (χ4n) is 1.90. The van der Waals surface area contributed by atoms with E-state index in [4.69, 9.17) is 10.00 Å². The zero-order valence-electron chi connectivity index (χ0n) is 12.4. The zero-order valence-corrected chi connectivity index (χ0v) is 12.4. The lowest BCUT2D eigenvalue weighted by Crippen LogP contribution is -2.16. The van der Waals surface area contributed by atoms with E-state index in [0.717, 1.165) is 30.8 Å². The highest BCUT2D eigenvalue weighted by Crippen LogP contribution is 2.21. The summed E-state index contributed by atoms with van der Waals surface area (Å²) < 4.78 is 5.65. The van der Waals surface area contributed by atoms with Crippen LogP contribution in [0.3, 0.4) is 0 Å². The predicted molar refractivity (Wildman–Crippen MR) is 78.2 cm³/mol. The van der Waals surface area contributed by atoms with Gasteiger partial charge < -0.3 is 10.1 Å². The average Bonchev–Trinajstić information content (AvgIpc) is 3.27. The molecule has 1 aromatic rings. The number of rotatable bonds is 8. The largest absolute Gasteiger partial charge is 0.492 e. The second kappa shape index (κ2) is 6.71. The first-order chi connectivity index (χ1) is 9.59. The van der Waals surface area contributed by atoms with Crippen LogP contribution in [0.1, 0.15) is 45.2 Å². The maximum absolute atomic E-state index is 8.93. The van der Waals surface area contributed by atoms with Gasteiger partial charge in [-0.15, -0.1) is 0 Å². The number of nitrogens with one attached hydrogen (secondary N) is 1. The summed E-state index contributed by atoms with van der Waals surface area (Å²) in [5, 5.41) is 12.4. The lowest BCUT2D eigenvalue weighted by Gasteiger charge is -2.14. The first kappa shape index (κ1) is 14.8. The minimum atomic E-state index is -0.264. The summed E-state index contributed by atoms with van der Waals surface area (Å²) in [6.07, 6.45) is 6.09. The van der Waals surface area contributed by atoms with Gasteiger partial charge in [0.15, 0.2) is 0 Å². The number of ether oxygens (including phenoxy) is 1. The van der Waals surface area contributed by atoms with Crippen LogP contribution >= 0.6 is 0 Å². The van der Waals surface area contributed by atoms with E-state index < -0.39 is 0 Å². The molecule has 1 aliphatic carbocycles. The van der Waals surface area contributed by atoms with Crippen molar-refractivity contribution in [3.63, 3.8) is 0 Å². The molecule has 0 spiro atoms. The minimum absolute atomic E-state index is 0.264. The first-order valence-corrected chi connectivity index (χ1v) is 7.31. The number of hydrogen-bond donors (Lipinski definition) is 1. The molecule has 0 amide bonds. The quantitative estimate of drug-likeness (QED) is 0.740. The number of aromatic nitrogens is 1. The number of pyridine rings is 1. The molecular weight excluding hydrogens is 250 g/mol. The Labute approximate surface area is 121 Å². The van der Waals surface area contributed by atoms with Crippen molar-refractivity contribution in [2.24, 2.45) is 5.41 Å². The molecule has 0 radical (unpaired) electrons. The third-order valence-electron chi connectivity index (χ3n) is 3.46. The van der Waals surface area contributed by atoms with Gasteiger partial charge in [0, 0.05) is 12.6 Å². The summed E-state index contributed by atoms with van der Waals surface area (Å²) >= 11 is 0. The highest BCUT2D eigenvalue weighted by molar-refractivity contribution is 5.19. The maximum atomic E-state index is 8.93. The van der Waals surface area contributed by atoms with E-state index in [1.54, 1.807) is 6.20 Å². The van der Waals surface area contributed by atoms with Gasteiger partial charge in [-0.25, -0.2) is 0 Å². The van der Waals surface area contributed by atoms with Crippen molar-refractivity contribution in [3.05, 3.63) is 24.0 Å². The van der Waals surface area contributed by atoms with Gasteiger partial charge in [-0.05, 0) is 51.7 Å². The molecule has 0 aliphatic heterocycles. The Bertz CT molecular complexity index is 458. The summed E-state index contributed by atoms with van der Waals surface area (Å²) in [4.78, 5) is 4.38. The fourth-order valence-corrected chi connectivity index (χ4v) is 1.90. The van der Waals surface area contributed by atoms with Crippen molar-refractivity contribution in [2.75, 3.05) is 6.61 Å². The molecule has 1 N–H and O–H groups in total. The van der Waals surface area contributed by atoms with Gasteiger partial charge in [0.2, 0.25) is 0 Å². The van der Waals surface area contributed by atoms with Crippen LogP contribution in [0.25, 0.3) is 0 Å². The smallest absolute Gasteiger partial charge is 0.137 e. The molecule has 1 heterocycles. The van der Waals surface area contributed by atoms with Crippen molar-refractivity contribution in [2.45, 2.75) is 52.1 Å². The third kappa shape index (κ3) is 5.18. The van der Waals surface area contributed by atoms with Crippen LogP contribution in [0, 0.1) is 16.7 Å². The third-order valence-corrected chi connectivity index (χ3v) is 3.46. The second-order valence-corrected chi connectivity index (χ2v) is 6.09. The van der Waals surface area contributed by atoms with Crippen LogP contribution in [0.15, 0.2) is 18.3 Å². The highest BCUT2D eigenvalue weighted by atomic mass is 16.5. The molecule has 0 unspecified atom stereocenters. The zero-order chi connectivity index (χ0) is 14.4. The van der Waals surface area contributed by atoms with E-state index in [9.17, 15) is 0 Å². The van der Waals surface area contributed by atoms with Gasteiger partial charge in [-0.3, -0.25) is 4.98 Å². The molecular formula is C16H23N3O. The van der Waals surface area contributed by atoms with Gasteiger partial charge in [-0.1, -0.05) is 0 Å². The molecule has 0 atom stereocenters. The van der Waals surface area contributed by atoms with Crippen LogP contribution in [0.2, 0.25) is 0 Å². The van der Waals surface area contributed by atoms with E-state index >= 15 is 0 Å². The summed E-state index contributed by atoms with van der Waals surface area (Å²) in [5.74, 6) is 0.801. The summed E-state index contributed by atoms with van der Waals surface area (Å²) in [7, 11) is 0. The van der Waals surface area contributed by atoms with Crippen LogP contribution in [-0.2, 0) is 6.54 Å². The lowest BCUT2D eigenvalue weighted by molar-refractivity contribution is 0.283. The van der Waals surface area contributed by atoms with Crippen LogP contribution < -0.4 is 10.1 Å². The normalized spacial score (nSPS) is 14.8. The van der Waals surface area contributed by atoms with Crippen molar-refractivity contribution in [1.82, 2.24) is 10.3 Å². The van der Waals surface area contributed by atoms with Crippen LogP contribution in [-0.4, -0.2) is 17.6 Å². The molecule has 20 heavy (non-hydrogen) atoms. The van der Waals surface area contributed by atoms with E-state index in [1.807, 2.05) is 26.0 Å². The molecule has 4 heteroatoms. The van der Waals surface area contributed by atoms with Crippen LogP contribution in [0.5, 0.6) is 5.75 Å². The fraction of sp³-hybridized carbons (Fsp3) is 0.625. The van der Waals surface area contributed by atoms with E-state index in [0.29, 0.717) is 12.6 Å². The Morgan fingerprint density at radius 1 is 1.45 bits per heavy atom. The average molecular weight is 273 g/mol. The van der Waals surface area contributed by atoms with Crippen molar-refractivity contribution < 1.29 is 4.74 Å². The Kier molecular flexibility index (Phi) is 4.97. The van der Waals surface area contributed by atoms with Gasteiger partial charge in [-0.2, -0.15) is 5.26 Å². The monoisotopic (exact) mass is 273 g/mol. The molecule has 1 aromatic heterocycles. The molecule has 0 aromatic carbocycles. The number of nitriles is 1. The molecule has 4 nitrogen and oxygen atoms in total. The molecule has 0 bridgehead atoms. The highest BCUT2D eigenvalue weighted by Gasteiger charge is 2.20. The molecule has 0 saturated heterocycles. The molecule has 1 saturated carbocycles. The predicted octanol–water partition coefficient (Wildman–Crippen LogP) is 3.04. The summed E-state index contributed by atoms with van der Waals surface area (Å²) in [6.45, 7) is 5.38. The topological polar surface area (TPSA) is 57.9 Å². The minimum Gasteiger partial charge on any atom is -0.492 e. The van der Waals surface area contributed by atoms with Crippen molar-refractivity contribution >= 4 is 0 Å². The summed E-state index contributed by atoms with van der Waals surface area (Å²) in [5.41, 5.74) is 0.787. The van der Waals surface area contributed by atoms with E-state index in [1.165, 1.54) is 12.8 Å². The van der Waals surface area contributed by atoms with E-state index in [2.05, 4.69) is 16.4 Å². The van der Waals surface area contributed by atoms with Crippen LogP contribution in [0.4, 0.5) is 0 Å². The van der Waals surface area contributed by atoms with Gasteiger partial charge in [0.05, 0.1) is 30.0 Å². The first-order valence-electron chi connectivity index (χ1n) is 7.31. The SMILES string of the molecule is CC(C)(C#N)CCCOc1ccc(CNC2CC2)nc1. The van der Waals surface area contributed by atoms with Gasteiger partial charge in [0.25, 0.3) is 0 Å². The Morgan fingerprint density at radius 2 is 2.25 bits per heavy atom. The summed E-state index contributed by atoms with van der Waals surface area (Å²) in [6, 6.07) is 6.97. The number of nitrogens with zero attached hydrogens (tertiary/aromatic N) is 2. The maximum Gasteiger partial charge on any atom is 0.137 e. The molecule has 2 rings (SSSR count). The lowest BCUT2D eigenvalue weighted by atomic mass is 9.90. The van der Waals surface area contributed by atoms with E-state index in [-0.39, 0.29) is 5.41 Å². The second-order valence-electron chi connectivity index (χ2n) is 6.09. The molecule has 108 valence electrons.